The zero-order valence-corrected chi connectivity index (χ0v) is 14.4. The average Bonchev–Trinajstić information content (AvgIpc) is 2.48. The second kappa shape index (κ2) is 8.36. The molecule has 1 aromatic carbocycles. The van der Waals surface area contributed by atoms with Crippen molar-refractivity contribution in [2.45, 2.75) is 40.0 Å². The Morgan fingerprint density at radius 3 is 2.52 bits per heavy atom. The van der Waals surface area contributed by atoms with E-state index in [0.717, 1.165) is 12.8 Å². The molecule has 0 aromatic heterocycles. The predicted octanol–water partition coefficient (Wildman–Crippen LogP) is 3.97. The fourth-order valence-corrected chi connectivity index (χ4v) is 1.81. The molecule has 23 heavy (non-hydrogen) atoms. The van der Waals surface area contributed by atoms with Crippen molar-refractivity contribution in [3.05, 3.63) is 30.9 Å². The molecule has 1 rings (SSSR count). The van der Waals surface area contributed by atoms with E-state index in [0.29, 0.717) is 23.5 Å². The molecule has 0 heterocycles. The summed E-state index contributed by atoms with van der Waals surface area (Å²) in [5, 5.41) is 5.66. The Labute approximate surface area is 138 Å². The number of anilines is 2. The van der Waals surface area contributed by atoms with E-state index in [2.05, 4.69) is 17.2 Å². The summed E-state index contributed by atoms with van der Waals surface area (Å²) in [7, 11) is 1.53. The number of rotatable bonds is 7. The SMILES string of the molecule is C=CCCCC(=O)Nc1ccc(NC(=O)C(C)(C)C)c(OC)c1. The highest BCUT2D eigenvalue weighted by Crippen LogP contribution is 2.29. The van der Waals surface area contributed by atoms with Gasteiger partial charge >= 0.3 is 0 Å². The van der Waals surface area contributed by atoms with Crippen LogP contribution < -0.4 is 15.4 Å². The Morgan fingerprint density at radius 2 is 1.96 bits per heavy atom. The Bertz CT molecular complexity index is 574. The molecule has 0 aliphatic carbocycles. The molecule has 0 saturated carbocycles. The number of ether oxygens (including phenoxy) is 1. The maximum absolute atomic E-state index is 12.1. The van der Waals surface area contributed by atoms with Crippen LogP contribution >= 0.6 is 0 Å². The second-order valence-corrected chi connectivity index (χ2v) is 6.35. The number of benzene rings is 1. The van der Waals surface area contributed by atoms with Crippen LogP contribution in [0, 0.1) is 5.41 Å². The summed E-state index contributed by atoms with van der Waals surface area (Å²) in [4.78, 5) is 23.9. The van der Waals surface area contributed by atoms with Crippen LogP contribution in [0.3, 0.4) is 0 Å². The molecule has 126 valence electrons. The quantitative estimate of drug-likeness (QED) is 0.590. The topological polar surface area (TPSA) is 67.4 Å². The summed E-state index contributed by atoms with van der Waals surface area (Å²) in [5.41, 5.74) is 0.722. The molecule has 0 aliphatic heterocycles. The minimum Gasteiger partial charge on any atom is -0.494 e. The maximum Gasteiger partial charge on any atom is 0.229 e. The Hall–Kier alpha value is -2.30. The lowest BCUT2D eigenvalue weighted by molar-refractivity contribution is -0.123. The number of amides is 2. The van der Waals surface area contributed by atoms with Gasteiger partial charge in [0.2, 0.25) is 11.8 Å². The molecule has 0 spiro atoms. The zero-order valence-electron chi connectivity index (χ0n) is 14.4. The van der Waals surface area contributed by atoms with Crippen molar-refractivity contribution in [3.8, 4) is 5.75 Å². The number of hydrogen-bond acceptors (Lipinski definition) is 3. The molecule has 0 aliphatic rings. The number of carbonyl (C=O) groups excluding carboxylic acids is 2. The van der Waals surface area contributed by atoms with Gasteiger partial charge in [-0.1, -0.05) is 26.8 Å². The highest BCUT2D eigenvalue weighted by atomic mass is 16.5. The van der Waals surface area contributed by atoms with Crippen LogP contribution in [0.1, 0.15) is 40.0 Å². The summed E-state index contributed by atoms with van der Waals surface area (Å²) >= 11 is 0. The van der Waals surface area contributed by atoms with Gasteiger partial charge in [-0.25, -0.2) is 0 Å². The van der Waals surface area contributed by atoms with E-state index < -0.39 is 5.41 Å². The first-order valence-electron chi connectivity index (χ1n) is 7.68. The summed E-state index contributed by atoms with van der Waals surface area (Å²) in [6.45, 7) is 9.15. The highest BCUT2D eigenvalue weighted by molar-refractivity contribution is 5.97. The number of carbonyl (C=O) groups is 2. The highest BCUT2D eigenvalue weighted by Gasteiger charge is 2.22. The molecule has 0 bridgehead atoms. The third kappa shape index (κ3) is 6.14. The zero-order chi connectivity index (χ0) is 17.5. The molecular weight excluding hydrogens is 292 g/mol. The monoisotopic (exact) mass is 318 g/mol. The van der Waals surface area contributed by atoms with E-state index in [-0.39, 0.29) is 11.8 Å². The van der Waals surface area contributed by atoms with Crippen molar-refractivity contribution < 1.29 is 14.3 Å². The predicted molar refractivity (Wildman–Crippen MR) is 93.8 cm³/mol. The summed E-state index contributed by atoms with van der Waals surface area (Å²) in [6.07, 6.45) is 3.82. The molecule has 1 aromatic rings. The fourth-order valence-electron chi connectivity index (χ4n) is 1.81. The van der Waals surface area contributed by atoms with Gasteiger partial charge in [0.15, 0.2) is 0 Å². The number of nitrogens with one attached hydrogen (secondary N) is 2. The van der Waals surface area contributed by atoms with Crippen LogP contribution in [0.25, 0.3) is 0 Å². The minimum atomic E-state index is -0.497. The third-order valence-corrected chi connectivity index (χ3v) is 3.23. The van der Waals surface area contributed by atoms with Crippen molar-refractivity contribution in [1.29, 1.82) is 0 Å². The summed E-state index contributed by atoms with van der Waals surface area (Å²) in [6, 6.07) is 5.16. The molecule has 2 amide bonds. The second-order valence-electron chi connectivity index (χ2n) is 6.35. The number of hydrogen-bond donors (Lipinski definition) is 2. The van der Waals surface area contributed by atoms with Gasteiger partial charge in [0.25, 0.3) is 0 Å². The first-order chi connectivity index (χ1) is 10.8. The van der Waals surface area contributed by atoms with Gasteiger partial charge in [-0.3, -0.25) is 9.59 Å². The molecule has 5 heteroatoms. The van der Waals surface area contributed by atoms with Crippen LogP contribution in [-0.4, -0.2) is 18.9 Å². The van der Waals surface area contributed by atoms with E-state index in [1.807, 2.05) is 20.8 Å². The van der Waals surface area contributed by atoms with Gasteiger partial charge in [-0.2, -0.15) is 0 Å². The number of unbranched alkanes of at least 4 members (excludes halogenated alkanes) is 1. The van der Waals surface area contributed by atoms with Gasteiger partial charge in [0.05, 0.1) is 12.8 Å². The summed E-state index contributed by atoms with van der Waals surface area (Å²) in [5.74, 6) is 0.351. The van der Waals surface area contributed by atoms with Crippen molar-refractivity contribution in [3.63, 3.8) is 0 Å². The lowest BCUT2D eigenvalue weighted by Crippen LogP contribution is -2.27. The average molecular weight is 318 g/mol. The normalized spacial score (nSPS) is 10.8. The molecule has 5 nitrogen and oxygen atoms in total. The van der Waals surface area contributed by atoms with Gasteiger partial charge in [0, 0.05) is 23.6 Å². The number of allylic oxidation sites excluding steroid dienone is 1. The molecule has 0 atom stereocenters. The van der Waals surface area contributed by atoms with E-state index in [4.69, 9.17) is 4.74 Å². The molecule has 0 unspecified atom stereocenters. The lowest BCUT2D eigenvalue weighted by atomic mass is 9.95. The smallest absolute Gasteiger partial charge is 0.229 e. The number of methoxy groups -OCH3 is 1. The van der Waals surface area contributed by atoms with Crippen LogP contribution in [0.2, 0.25) is 0 Å². The van der Waals surface area contributed by atoms with Crippen LogP contribution in [0.5, 0.6) is 5.75 Å². The van der Waals surface area contributed by atoms with Gasteiger partial charge in [-0.15, -0.1) is 6.58 Å². The van der Waals surface area contributed by atoms with E-state index >= 15 is 0 Å². The Balaban J connectivity index is 2.78. The molecular formula is C18H26N2O3. The molecule has 0 fully saturated rings. The van der Waals surface area contributed by atoms with Crippen LogP contribution in [-0.2, 0) is 9.59 Å². The molecule has 2 N–H and O–H groups in total. The van der Waals surface area contributed by atoms with Gasteiger partial charge in [0.1, 0.15) is 5.75 Å². The van der Waals surface area contributed by atoms with Crippen LogP contribution in [0.4, 0.5) is 11.4 Å². The first-order valence-corrected chi connectivity index (χ1v) is 7.68. The van der Waals surface area contributed by atoms with Crippen molar-refractivity contribution in [1.82, 2.24) is 0 Å². The molecule has 0 radical (unpaired) electrons. The third-order valence-electron chi connectivity index (χ3n) is 3.23. The van der Waals surface area contributed by atoms with Crippen molar-refractivity contribution in [2.24, 2.45) is 5.41 Å². The Morgan fingerprint density at radius 1 is 1.26 bits per heavy atom. The first kappa shape index (κ1) is 18.7. The van der Waals surface area contributed by atoms with Gasteiger partial charge < -0.3 is 15.4 Å². The Kier molecular flexibility index (Phi) is 6.82. The van der Waals surface area contributed by atoms with Crippen molar-refractivity contribution >= 4 is 23.2 Å². The van der Waals surface area contributed by atoms with Crippen molar-refractivity contribution in [2.75, 3.05) is 17.7 Å². The summed E-state index contributed by atoms with van der Waals surface area (Å²) < 4.78 is 5.30. The minimum absolute atomic E-state index is 0.0552. The van der Waals surface area contributed by atoms with E-state index in [1.54, 1.807) is 24.3 Å². The standard InChI is InChI=1S/C18H26N2O3/c1-6-7-8-9-16(21)19-13-10-11-14(15(12-13)23-5)20-17(22)18(2,3)4/h6,10-12H,1,7-9H2,2-5H3,(H,19,21)(H,20,22). The fraction of sp³-hybridized carbons (Fsp3) is 0.444. The van der Waals surface area contributed by atoms with E-state index in [1.165, 1.54) is 7.11 Å². The lowest BCUT2D eigenvalue weighted by Gasteiger charge is -2.19. The van der Waals surface area contributed by atoms with E-state index in [9.17, 15) is 9.59 Å². The van der Waals surface area contributed by atoms with Gasteiger partial charge in [-0.05, 0) is 25.0 Å². The largest absolute Gasteiger partial charge is 0.494 e. The van der Waals surface area contributed by atoms with Crippen LogP contribution in [0.15, 0.2) is 30.9 Å². The maximum atomic E-state index is 12.1. The molecule has 0 saturated heterocycles.